The number of aliphatic hydroxyl groups excluding tert-OH is 1. The lowest BCUT2D eigenvalue weighted by molar-refractivity contribution is -0.274. The Kier molecular flexibility index (Phi) is 4.98. The Morgan fingerprint density at radius 2 is 1.83 bits per heavy atom. The maximum atomic E-state index is 11.9. The summed E-state index contributed by atoms with van der Waals surface area (Å²) in [4.78, 5) is 1.88. The normalized spacial score (nSPS) is 13.7. The van der Waals surface area contributed by atoms with Gasteiger partial charge in [-0.1, -0.05) is 12.1 Å². The van der Waals surface area contributed by atoms with Gasteiger partial charge in [-0.25, -0.2) is 0 Å². The summed E-state index contributed by atoms with van der Waals surface area (Å²) in [5.41, 5.74) is 0.854. The van der Waals surface area contributed by atoms with E-state index < -0.39 is 12.5 Å². The van der Waals surface area contributed by atoms with E-state index in [1.54, 1.807) is 19.1 Å². The van der Waals surface area contributed by atoms with E-state index in [-0.39, 0.29) is 5.75 Å². The molecule has 102 valence electrons. The molecule has 0 saturated heterocycles. The maximum absolute atomic E-state index is 11.9. The molecule has 1 unspecified atom stereocenters. The van der Waals surface area contributed by atoms with Gasteiger partial charge in [0, 0.05) is 13.1 Å². The van der Waals surface area contributed by atoms with E-state index in [0.29, 0.717) is 13.1 Å². The molecule has 1 aromatic rings. The minimum Gasteiger partial charge on any atom is -0.406 e. The zero-order valence-corrected chi connectivity index (χ0v) is 10.2. The van der Waals surface area contributed by atoms with Gasteiger partial charge in [-0.3, -0.25) is 4.90 Å². The molecule has 1 atom stereocenters. The fourth-order valence-electron chi connectivity index (χ4n) is 1.62. The quantitative estimate of drug-likeness (QED) is 0.885. The standard InChI is InChI=1S/C12H16F3NO2/c1-9(17)7-16(2)8-10-3-5-11(6-4-10)18-12(13,14)15/h3-6,9,17H,7-8H2,1-2H3. The third-order valence-electron chi connectivity index (χ3n) is 2.19. The second-order valence-electron chi connectivity index (χ2n) is 4.24. The van der Waals surface area contributed by atoms with Crippen molar-refractivity contribution in [1.29, 1.82) is 0 Å². The van der Waals surface area contributed by atoms with Crippen molar-refractivity contribution < 1.29 is 23.0 Å². The molecule has 1 aromatic carbocycles. The summed E-state index contributed by atoms with van der Waals surface area (Å²) in [7, 11) is 1.83. The number of hydrogen-bond donors (Lipinski definition) is 1. The maximum Gasteiger partial charge on any atom is 0.573 e. The van der Waals surface area contributed by atoms with Crippen LogP contribution in [0, 0.1) is 0 Å². The topological polar surface area (TPSA) is 32.7 Å². The van der Waals surface area contributed by atoms with Crippen molar-refractivity contribution >= 4 is 0 Å². The summed E-state index contributed by atoms with van der Waals surface area (Å²) >= 11 is 0. The van der Waals surface area contributed by atoms with Crippen LogP contribution in [0.5, 0.6) is 5.75 Å². The van der Waals surface area contributed by atoms with Gasteiger partial charge in [-0.2, -0.15) is 0 Å². The molecule has 1 rings (SSSR count). The van der Waals surface area contributed by atoms with Gasteiger partial charge in [0.1, 0.15) is 5.75 Å². The lowest BCUT2D eigenvalue weighted by Gasteiger charge is -2.18. The van der Waals surface area contributed by atoms with Crippen molar-refractivity contribution in [3.63, 3.8) is 0 Å². The molecule has 0 aromatic heterocycles. The van der Waals surface area contributed by atoms with E-state index in [2.05, 4.69) is 4.74 Å². The molecule has 0 aliphatic heterocycles. The number of aliphatic hydroxyl groups is 1. The summed E-state index contributed by atoms with van der Waals surface area (Å²) in [5.74, 6) is -0.232. The van der Waals surface area contributed by atoms with Gasteiger partial charge in [0.05, 0.1) is 6.10 Å². The Morgan fingerprint density at radius 1 is 1.28 bits per heavy atom. The monoisotopic (exact) mass is 263 g/mol. The number of rotatable bonds is 5. The van der Waals surface area contributed by atoms with Crippen molar-refractivity contribution in [2.75, 3.05) is 13.6 Å². The SMILES string of the molecule is CC(O)CN(C)Cc1ccc(OC(F)(F)F)cc1. The van der Waals surface area contributed by atoms with Gasteiger partial charge in [0.25, 0.3) is 0 Å². The molecule has 0 amide bonds. The molecule has 6 heteroatoms. The molecule has 3 nitrogen and oxygen atoms in total. The molecule has 0 fully saturated rings. The summed E-state index contributed by atoms with van der Waals surface area (Å²) in [6, 6.07) is 5.69. The van der Waals surface area contributed by atoms with Crippen LogP contribution in [-0.2, 0) is 6.54 Å². The van der Waals surface area contributed by atoms with Gasteiger partial charge in [0.2, 0.25) is 0 Å². The van der Waals surface area contributed by atoms with Crippen molar-refractivity contribution in [3.05, 3.63) is 29.8 Å². The van der Waals surface area contributed by atoms with E-state index in [4.69, 9.17) is 0 Å². The number of alkyl halides is 3. The summed E-state index contributed by atoms with van der Waals surface area (Å²) in [5, 5.41) is 9.19. The number of ether oxygens (including phenoxy) is 1. The molecular weight excluding hydrogens is 247 g/mol. The van der Waals surface area contributed by atoms with Gasteiger partial charge in [-0.15, -0.1) is 13.2 Å². The first-order chi connectivity index (χ1) is 8.26. The Bertz CT molecular complexity index is 363. The summed E-state index contributed by atoms with van der Waals surface area (Å²) < 4.78 is 39.6. The van der Waals surface area contributed by atoms with Crippen LogP contribution in [-0.4, -0.2) is 36.1 Å². The van der Waals surface area contributed by atoms with Crippen LogP contribution in [0.3, 0.4) is 0 Å². The highest BCUT2D eigenvalue weighted by molar-refractivity contribution is 5.27. The minimum atomic E-state index is -4.66. The van der Waals surface area contributed by atoms with Gasteiger partial charge in [0.15, 0.2) is 0 Å². The number of halogens is 3. The van der Waals surface area contributed by atoms with Crippen molar-refractivity contribution in [2.24, 2.45) is 0 Å². The van der Waals surface area contributed by atoms with Crippen LogP contribution in [0.2, 0.25) is 0 Å². The van der Waals surface area contributed by atoms with Gasteiger partial charge in [-0.05, 0) is 31.7 Å². The number of nitrogens with zero attached hydrogens (tertiary/aromatic N) is 1. The smallest absolute Gasteiger partial charge is 0.406 e. The third kappa shape index (κ3) is 5.88. The first-order valence-corrected chi connectivity index (χ1v) is 5.47. The average Bonchev–Trinajstić information content (AvgIpc) is 2.17. The molecular formula is C12H16F3NO2. The molecule has 0 spiro atoms. The lowest BCUT2D eigenvalue weighted by atomic mass is 10.2. The molecule has 0 heterocycles. The highest BCUT2D eigenvalue weighted by Gasteiger charge is 2.30. The van der Waals surface area contributed by atoms with Crippen LogP contribution < -0.4 is 4.74 Å². The van der Waals surface area contributed by atoms with Crippen molar-refractivity contribution in [3.8, 4) is 5.75 Å². The highest BCUT2D eigenvalue weighted by atomic mass is 19.4. The minimum absolute atomic E-state index is 0.232. The van der Waals surface area contributed by atoms with Crippen molar-refractivity contribution in [1.82, 2.24) is 4.90 Å². The summed E-state index contributed by atoms with van der Waals surface area (Å²) in [6.07, 6.45) is -5.10. The van der Waals surface area contributed by atoms with E-state index >= 15 is 0 Å². The second kappa shape index (κ2) is 6.06. The van der Waals surface area contributed by atoms with Gasteiger partial charge >= 0.3 is 6.36 Å². The van der Waals surface area contributed by atoms with Crippen LogP contribution in [0.15, 0.2) is 24.3 Å². The zero-order valence-electron chi connectivity index (χ0n) is 10.2. The molecule has 0 saturated carbocycles. The Hall–Kier alpha value is -1.27. The van der Waals surface area contributed by atoms with Crippen LogP contribution in [0.25, 0.3) is 0 Å². The Labute approximate surface area is 104 Å². The fraction of sp³-hybridized carbons (Fsp3) is 0.500. The predicted molar refractivity (Wildman–Crippen MR) is 61.1 cm³/mol. The van der Waals surface area contributed by atoms with Crippen molar-refractivity contribution in [2.45, 2.75) is 25.9 Å². The van der Waals surface area contributed by atoms with E-state index in [1.165, 1.54) is 12.1 Å². The van der Waals surface area contributed by atoms with E-state index in [0.717, 1.165) is 5.56 Å². The van der Waals surface area contributed by atoms with Gasteiger partial charge < -0.3 is 9.84 Å². The molecule has 0 aliphatic rings. The lowest BCUT2D eigenvalue weighted by Crippen LogP contribution is -2.26. The van der Waals surface area contributed by atoms with E-state index in [1.807, 2.05) is 11.9 Å². The van der Waals surface area contributed by atoms with Crippen LogP contribution in [0.4, 0.5) is 13.2 Å². The largest absolute Gasteiger partial charge is 0.573 e. The number of likely N-dealkylation sites (N-methyl/N-ethyl adjacent to an activating group) is 1. The highest BCUT2D eigenvalue weighted by Crippen LogP contribution is 2.22. The first kappa shape index (κ1) is 14.8. The third-order valence-corrected chi connectivity index (χ3v) is 2.19. The van der Waals surface area contributed by atoms with Crippen LogP contribution in [0.1, 0.15) is 12.5 Å². The molecule has 0 bridgehead atoms. The zero-order chi connectivity index (χ0) is 13.8. The fourth-order valence-corrected chi connectivity index (χ4v) is 1.62. The van der Waals surface area contributed by atoms with E-state index in [9.17, 15) is 18.3 Å². The molecule has 0 radical (unpaired) electrons. The number of hydrogen-bond acceptors (Lipinski definition) is 3. The Morgan fingerprint density at radius 3 is 2.28 bits per heavy atom. The second-order valence-corrected chi connectivity index (χ2v) is 4.24. The molecule has 1 N–H and O–H groups in total. The average molecular weight is 263 g/mol. The van der Waals surface area contributed by atoms with Crippen LogP contribution >= 0.6 is 0 Å². The molecule has 18 heavy (non-hydrogen) atoms. The Balaban J connectivity index is 2.55. The first-order valence-electron chi connectivity index (χ1n) is 5.47. The number of benzene rings is 1. The predicted octanol–water partition coefficient (Wildman–Crippen LogP) is 2.40. The molecule has 0 aliphatic carbocycles. The summed E-state index contributed by atoms with van der Waals surface area (Å²) in [6.45, 7) is 2.73.